The molecule has 2 saturated heterocycles. The van der Waals surface area contributed by atoms with E-state index >= 15 is 0 Å². The van der Waals surface area contributed by atoms with E-state index in [2.05, 4.69) is 53.0 Å². The maximum Gasteiger partial charge on any atom is 0.408 e. The summed E-state index contributed by atoms with van der Waals surface area (Å²) >= 11 is 6.71. The molecule has 3 atom stereocenters. The maximum atomic E-state index is 14.0. The van der Waals surface area contributed by atoms with Crippen molar-refractivity contribution in [3.8, 4) is 0 Å². The predicted octanol–water partition coefficient (Wildman–Crippen LogP) is 6.62. The molecular weight excluding hydrogens is 480 g/mol. The molecule has 1 N–H and O–H groups in total. The smallest absolute Gasteiger partial charge is 0.408 e. The van der Waals surface area contributed by atoms with Gasteiger partial charge in [0.05, 0.1) is 17.2 Å². The van der Waals surface area contributed by atoms with Gasteiger partial charge in [0.2, 0.25) is 5.91 Å². The Kier molecular flexibility index (Phi) is 7.26. The van der Waals surface area contributed by atoms with Gasteiger partial charge in [-0.15, -0.1) is 0 Å². The molecule has 6 nitrogen and oxygen atoms in total. The number of benzene rings is 1. The number of alkyl carbamates (subject to hydrolysis) is 1. The summed E-state index contributed by atoms with van der Waals surface area (Å²) in [6.07, 6.45) is 1.42. The molecule has 0 saturated carbocycles. The first-order chi connectivity index (χ1) is 15.8. The van der Waals surface area contributed by atoms with Crippen LogP contribution >= 0.6 is 11.6 Å². The average Bonchev–Trinajstić information content (AvgIpc) is 3.16. The van der Waals surface area contributed by atoms with Crippen molar-refractivity contribution in [2.75, 3.05) is 0 Å². The van der Waals surface area contributed by atoms with Crippen LogP contribution in [0, 0.1) is 0 Å². The van der Waals surface area contributed by atoms with Crippen molar-refractivity contribution < 1.29 is 18.8 Å². The van der Waals surface area contributed by atoms with Crippen LogP contribution in [0.5, 0.6) is 0 Å². The second kappa shape index (κ2) is 9.07. The Balaban J connectivity index is 2.00. The zero-order valence-corrected chi connectivity index (χ0v) is 24.8. The number of carbonyl (C=O) groups excluding carboxylic acids is 2. The summed E-state index contributed by atoms with van der Waals surface area (Å²) < 4.78 is 12.4. The zero-order valence-electron chi connectivity index (χ0n) is 23.0. The van der Waals surface area contributed by atoms with Crippen molar-refractivity contribution in [3.63, 3.8) is 0 Å². The molecule has 0 bridgehead atoms. The lowest BCUT2D eigenvalue weighted by atomic mass is 9.84. The van der Waals surface area contributed by atoms with Crippen molar-refractivity contribution in [1.29, 1.82) is 0 Å². The van der Waals surface area contributed by atoms with Gasteiger partial charge in [-0.25, -0.2) is 4.79 Å². The highest BCUT2D eigenvalue weighted by atomic mass is 35.5. The van der Waals surface area contributed by atoms with E-state index in [0.717, 1.165) is 18.4 Å². The van der Waals surface area contributed by atoms with Gasteiger partial charge in [0.15, 0.2) is 8.32 Å². The lowest BCUT2D eigenvalue weighted by molar-refractivity contribution is -0.138. The molecule has 3 rings (SSSR count). The van der Waals surface area contributed by atoms with Crippen LogP contribution in [0.3, 0.4) is 0 Å². The van der Waals surface area contributed by atoms with Crippen LogP contribution < -0.4 is 5.32 Å². The highest BCUT2D eigenvalue weighted by Crippen LogP contribution is 2.55. The highest BCUT2D eigenvalue weighted by molar-refractivity contribution is 6.74. The van der Waals surface area contributed by atoms with E-state index in [9.17, 15) is 9.59 Å². The molecule has 0 aliphatic carbocycles. The predicted molar refractivity (Wildman–Crippen MR) is 143 cm³/mol. The van der Waals surface area contributed by atoms with Gasteiger partial charge >= 0.3 is 6.09 Å². The van der Waals surface area contributed by atoms with E-state index in [4.69, 9.17) is 20.8 Å². The van der Waals surface area contributed by atoms with Crippen LogP contribution in [0.15, 0.2) is 24.3 Å². The second-order valence-electron chi connectivity index (χ2n) is 13.1. The fraction of sp³-hybridized carbons (Fsp3) is 0.704. The van der Waals surface area contributed by atoms with E-state index in [0.29, 0.717) is 11.4 Å². The van der Waals surface area contributed by atoms with Crippen LogP contribution in [0.1, 0.15) is 80.2 Å². The minimum Gasteiger partial charge on any atom is -0.444 e. The molecule has 0 spiro atoms. The third-order valence-corrected chi connectivity index (χ3v) is 12.9. The summed E-state index contributed by atoms with van der Waals surface area (Å²) in [5.74, 6) is -0.106. The third-order valence-electron chi connectivity index (χ3n) is 7.87. The number of hydrogen-bond donors (Lipinski definition) is 1. The van der Waals surface area contributed by atoms with Crippen molar-refractivity contribution in [2.24, 2.45) is 0 Å². The number of nitrogens with zero attached hydrogens (tertiary/aromatic N) is 1. The fourth-order valence-electron chi connectivity index (χ4n) is 5.39. The summed E-state index contributed by atoms with van der Waals surface area (Å²) in [5, 5.41) is 3.52. The standard InChI is InChI=1S/C27H43ClN2O4Si/c1-24(2,3)33-23(32)29-20-17-27(18-13-11-12-14-19(18)28)16-15-21(30(27)22(20)31)26(7,8)34-35(9,10)25(4,5)6/h11-14,20-21H,15-17H2,1-10H3,(H,29,32)/t20-,21+,27+/m0/s1. The maximum absolute atomic E-state index is 14.0. The van der Waals surface area contributed by atoms with Crippen molar-refractivity contribution in [2.45, 2.75) is 122 Å². The Labute approximate surface area is 217 Å². The van der Waals surface area contributed by atoms with Crippen molar-refractivity contribution in [3.05, 3.63) is 34.9 Å². The van der Waals surface area contributed by atoms with Gasteiger partial charge in [-0.05, 0) is 77.2 Å². The lowest BCUT2D eigenvalue weighted by Gasteiger charge is -2.48. The van der Waals surface area contributed by atoms with E-state index in [1.54, 1.807) is 0 Å². The Bertz CT molecular complexity index is 982. The molecule has 2 fully saturated rings. The summed E-state index contributed by atoms with van der Waals surface area (Å²) in [6.45, 7) is 20.8. The largest absolute Gasteiger partial charge is 0.444 e. The van der Waals surface area contributed by atoms with Crippen LogP contribution in [-0.4, -0.2) is 48.5 Å². The first-order valence-electron chi connectivity index (χ1n) is 12.6. The number of fused-ring (bicyclic) bond motifs is 1. The topological polar surface area (TPSA) is 67.9 Å². The lowest BCUT2D eigenvalue weighted by Crippen LogP contribution is -2.58. The van der Waals surface area contributed by atoms with E-state index in [-0.39, 0.29) is 17.0 Å². The first-order valence-corrected chi connectivity index (χ1v) is 15.9. The van der Waals surface area contributed by atoms with Crippen LogP contribution in [-0.2, 0) is 19.5 Å². The Morgan fingerprint density at radius 1 is 1.11 bits per heavy atom. The fourth-order valence-corrected chi connectivity index (χ4v) is 7.46. The molecule has 2 heterocycles. The second-order valence-corrected chi connectivity index (χ2v) is 18.3. The minimum absolute atomic E-state index is 0.0402. The van der Waals surface area contributed by atoms with Crippen molar-refractivity contribution >= 4 is 31.9 Å². The minimum atomic E-state index is -2.11. The average molecular weight is 523 g/mol. The number of ether oxygens (including phenoxy) is 1. The third kappa shape index (κ3) is 5.42. The van der Waals surface area contributed by atoms with Crippen LogP contribution in [0.25, 0.3) is 0 Å². The molecular formula is C27H43ClN2O4Si. The van der Waals surface area contributed by atoms with E-state index in [1.807, 2.05) is 49.9 Å². The molecule has 2 amide bonds. The zero-order chi connectivity index (χ0) is 26.6. The van der Waals surface area contributed by atoms with Gasteiger partial charge in [0.1, 0.15) is 11.6 Å². The summed E-state index contributed by atoms with van der Waals surface area (Å²) in [4.78, 5) is 28.6. The molecule has 1 aromatic carbocycles. The molecule has 8 heteroatoms. The van der Waals surface area contributed by atoms with E-state index in [1.165, 1.54) is 0 Å². The van der Waals surface area contributed by atoms with Crippen LogP contribution in [0.2, 0.25) is 23.2 Å². The molecule has 1 aromatic rings. The quantitative estimate of drug-likeness (QED) is 0.441. The summed E-state index contributed by atoms with van der Waals surface area (Å²) in [7, 11) is -2.11. The Morgan fingerprint density at radius 3 is 2.26 bits per heavy atom. The SMILES string of the molecule is CC(C)(C)OC(=O)N[C@H]1C[C@@]2(c3ccccc3Cl)CC[C@H](C(C)(C)O[Si](C)(C)C(C)(C)C)N2C1=O. The van der Waals surface area contributed by atoms with Gasteiger partial charge in [-0.2, -0.15) is 0 Å². The van der Waals surface area contributed by atoms with Crippen molar-refractivity contribution in [1.82, 2.24) is 10.2 Å². The number of hydrogen-bond acceptors (Lipinski definition) is 4. The Morgan fingerprint density at radius 2 is 1.71 bits per heavy atom. The monoisotopic (exact) mass is 522 g/mol. The molecule has 2 aliphatic rings. The van der Waals surface area contributed by atoms with Gasteiger partial charge < -0.3 is 19.4 Å². The summed E-state index contributed by atoms with van der Waals surface area (Å²) in [5.41, 5.74) is -0.894. The molecule has 0 radical (unpaired) electrons. The van der Waals surface area contributed by atoms with Gasteiger partial charge in [-0.3, -0.25) is 4.79 Å². The van der Waals surface area contributed by atoms with Gasteiger partial charge in [0, 0.05) is 11.4 Å². The molecule has 0 aromatic heterocycles. The molecule has 2 aliphatic heterocycles. The number of rotatable bonds is 5. The van der Waals surface area contributed by atoms with Gasteiger partial charge in [-0.1, -0.05) is 50.6 Å². The molecule has 0 unspecified atom stereocenters. The van der Waals surface area contributed by atoms with Crippen LogP contribution in [0.4, 0.5) is 4.79 Å². The number of carbonyl (C=O) groups is 2. The number of halogens is 1. The summed E-state index contributed by atoms with van der Waals surface area (Å²) in [6, 6.07) is 6.89. The molecule has 35 heavy (non-hydrogen) atoms. The number of amides is 2. The number of nitrogens with one attached hydrogen (secondary N) is 1. The first kappa shape index (κ1) is 28.0. The molecule has 196 valence electrons. The normalized spacial score (nSPS) is 25.6. The highest BCUT2D eigenvalue weighted by Gasteiger charge is 2.62. The van der Waals surface area contributed by atoms with Gasteiger partial charge in [0.25, 0.3) is 0 Å². The van der Waals surface area contributed by atoms with E-state index < -0.39 is 37.2 Å². The Hall–Kier alpha value is -1.57.